The van der Waals surface area contributed by atoms with Gasteiger partial charge in [-0.2, -0.15) is 0 Å². The van der Waals surface area contributed by atoms with Crippen molar-refractivity contribution in [1.82, 2.24) is 4.48 Å². The van der Waals surface area contributed by atoms with E-state index in [-0.39, 0.29) is 14.6 Å². The molecule has 1 aliphatic heterocycles. The normalized spacial score (nSPS) is 19.1. The van der Waals surface area contributed by atoms with Gasteiger partial charge in [0.05, 0.1) is 7.05 Å². The van der Waals surface area contributed by atoms with Gasteiger partial charge in [0.15, 0.2) is 0 Å². The lowest BCUT2D eigenvalue weighted by molar-refractivity contribution is 0.110. The predicted octanol–water partition coefficient (Wildman–Crippen LogP) is 10.5. The quantitative estimate of drug-likeness (QED) is 0.108. The number of quaternary nitrogens is 1. The van der Waals surface area contributed by atoms with E-state index in [0.717, 1.165) is 11.1 Å². The van der Waals surface area contributed by atoms with Gasteiger partial charge < -0.3 is 0 Å². The molecule has 2 aliphatic rings. The number of carbonyl (C=O) groups excluding carboxylic acids is 1. The van der Waals surface area contributed by atoms with E-state index >= 15 is 0 Å². The highest BCUT2D eigenvalue weighted by Crippen LogP contribution is 2.60. The molecule has 1 atom stereocenters. The van der Waals surface area contributed by atoms with Crippen LogP contribution in [0.3, 0.4) is 0 Å². The molecule has 0 amide bonds. The molecule has 0 spiro atoms. The molecular formula is C38H33INO+. The molecule has 0 saturated carbocycles. The van der Waals surface area contributed by atoms with Crippen LogP contribution in [0.4, 0.5) is 17.1 Å². The van der Waals surface area contributed by atoms with E-state index in [1.54, 1.807) is 0 Å². The predicted molar refractivity (Wildman–Crippen MR) is 180 cm³/mol. The fourth-order valence-corrected chi connectivity index (χ4v) is 7.64. The van der Waals surface area contributed by atoms with Gasteiger partial charge in [-0.25, -0.2) is 4.48 Å². The van der Waals surface area contributed by atoms with Crippen molar-refractivity contribution in [3.63, 3.8) is 0 Å². The van der Waals surface area contributed by atoms with Gasteiger partial charge >= 0.3 is 0 Å². The Morgan fingerprint density at radius 3 is 1.90 bits per heavy atom. The third-order valence-corrected chi connectivity index (χ3v) is 10.3. The number of benzene rings is 5. The average Bonchev–Trinajstić information content (AvgIpc) is 3.21. The first-order valence-corrected chi connectivity index (χ1v) is 15.3. The first kappa shape index (κ1) is 26.4. The Kier molecular flexibility index (Phi) is 5.77. The summed E-state index contributed by atoms with van der Waals surface area (Å²) in [6.45, 7) is 9.47. The Morgan fingerprint density at radius 1 is 0.585 bits per heavy atom. The van der Waals surface area contributed by atoms with Gasteiger partial charge in [-0.1, -0.05) is 88.4 Å². The molecule has 202 valence electrons. The van der Waals surface area contributed by atoms with Crippen molar-refractivity contribution in [3.8, 4) is 22.3 Å². The van der Waals surface area contributed by atoms with Crippen LogP contribution >= 0.6 is 22.6 Å². The molecule has 2 nitrogen and oxygen atoms in total. The van der Waals surface area contributed by atoms with E-state index in [1.165, 1.54) is 56.0 Å². The number of rotatable bonds is 3. The largest absolute Gasteiger partial charge is 0.282 e. The number of hydrogen-bond acceptors (Lipinski definition) is 1. The first-order chi connectivity index (χ1) is 19.5. The number of carbonyl (C=O) groups is 1. The first-order valence-electron chi connectivity index (χ1n) is 14.2. The third kappa shape index (κ3) is 3.68. The van der Waals surface area contributed by atoms with E-state index < -0.39 is 0 Å². The van der Waals surface area contributed by atoms with Crippen molar-refractivity contribution in [2.45, 2.75) is 38.5 Å². The van der Waals surface area contributed by atoms with Gasteiger partial charge in [0, 0.05) is 62.2 Å². The molecule has 7 rings (SSSR count). The minimum Gasteiger partial charge on any atom is -0.282 e. The molecule has 3 heteroatoms. The number of fused-ring (bicyclic) bond motifs is 5. The van der Waals surface area contributed by atoms with Crippen LogP contribution in [0, 0.1) is 0 Å². The lowest BCUT2D eigenvalue weighted by Crippen LogP contribution is -2.43. The maximum atomic E-state index is 11.8. The second-order valence-corrected chi connectivity index (χ2v) is 13.6. The Bertz CT molecular complexity index is 1870. The molecule has 41 heavy (non-hydrogen) atoms. The van der Waals surface area contributed by atoms with Crippen LogP contribution in [0.25, 0.3) is 22.3 Å². The zero-order valence-corrected chi connectivity index (χ0v) is 26.3. The second kappa shape index (κ2) is 8.98. The molecule has 0 bridgehead atoms. The molecular weight excluding hydrogens is 613 g/mol. The molecule has 0 saturated heterocycles. The van der Waals surface area contributed by atoms with Gasteiger partial charge in [-0.3, -0.25) is 4.79 Å². The van der Waals surface area contributed by atoms with Crippen molar-refractivity contribution < 1.29 is 4.79 Å². The summed E-state index contributed by atoms with van der Waals surface area (Å²) in [4.78, 5) is 11.8. The summed E-state index contributed by atoms with van der Waals surface area (Å²) in [7, 11) is 2.35. The molecule has 5 aromatic rings. The Hall–Kier alpha value is -3.54. The highest BCUT2D eigenvalue weighted by Gasteiger charge is 2.49. The van der Waals surface area contributed by atoms with E-state index in [4.69, 9.17) is 0 Å². The van der Waals surface area contributed by atoms with Crippen molar-refractivity contribution in [2.24, 2.45) is 0 Å². The van der Waals surface area contributed by atoms with Crippen LogP contribution in [0.15, 0.2) is 109 Å². The molecule has 0 aromatic heterocycles. The highest BCUT2D eigenvalue weighted by atomic mass is 127. The topological polar surface area (TPSA) is 17.1 Å². The maximum Gasteiger partial charge on any atom is 0.222 e. The van der Waals surface area contributed by atoms with Crippen LogP contribution in [0.2, 0.25) is 0 Å². The maximum absolute atomic E-state index is 11.8. The van der Waals surface area contributed by atoms with Crippen LogP contribution in [0.5, 0.6) is 0 Å². The van der Waals surface area contributed by atoms with Gasteiger partial charge in [0.2, 0.25) is 3.79 Å². The molecule has 1 heterocycles. The smallest absolute Gasteiger partial charge is 0.222 e. The number of nitrogens with zero attached hydrogens (tertiary/aromatic N) is 1. The van der Waals surface area contributed by atoms with Gasteiger partial charge in [-0.15, -0.1) is 0 Å². The summed E-state index contributed by atoms with van der Waals surface area (Å²) in [5.41, 5.74) is 14.8. The van der Waals surface area contributed by atoms with Crippen LogP contribution in [-0.4, -0.2) is 10.8 Å². The number of para-hydroxylation sites is 2. The third-order valence-electron chi connectivity index (χ3n) is 9.72. The fourth-order valence-electron chi connectivity index (χ4n) is 7.28. The molecule has 1 unspecified atom stereocenters. The SMILES string of the molecule is CC1(C)c2cc(-c3ccc(C(=O)I)cc3)ccc2-c2cc3c(cc21)[N+](C)(c1ccccc1)c1ccccc1C3(C)C. The molecule has 0 fully saturated rings. The highest BCUT2D eigenvalue weighted by molar-refractivity contribution is 14.1. The lowest BCUT2D eigenvalue weighted by Gasteiger charge is -2.45. The zero-order valence-electron chi connectivity index (χ0n) is 24.1. The summed E-state index contributed by atoms with van der Waals surface area (Å²) < 4.78 is 0.706. The van der Waals surface area contributed by atoms with Gasteiger partial charge in [-0.05, 0) is 69.8 Å². The lowest BCUT2D eigenvalue weighted by atomic mass is 9.71. The summed E-state index contributed by atoms with van der Waals surface area (Å²) in [5.74, 6) is 0. The zero-order chi connectivity index (χ0) is 28.7. The number of hydrogen-bond donors (Lipinski definition) is 0. The monoisotopic (exact) mass is 646 g/mol. The van der Waals surface area contributed by atoms with Gasteiger partial charge in [0.1, 0.15) is 17.1 Å². The van der Waals surface area contributed by atoms with Crippen molar-refractivity contribution >= 4 is 43.4 Å². The van der Waals surface area contributed by atoms with Crippen molar-refractivity contribution in [2.75, 3.05) is 7.05 Å². The van der Waals surface area contributed by atoms with Crippen LogP contribution < -0.4 is 4.48 Å². The summed E-state index contributed by atoms with van der Waals surface area (Å²) in [5, 5.41) is 0. The Morgan fingerprint density at radius 2 is 1.20 bits per heavy atom. The number of halogens is 1. The standard InChI is InChI=1S/C38H33INO/c1-37(2)30-13-9-10-14-34(30)40(5,27-11-7-6-8-12-27)35-23-32-29(22-33(35)37)28-20-19-26(21-31(28)38(32,3)4)24-15-17-25(18-16-24)36(39)41/h6-23H,1-5H3/q+1. The van der Waals surface area contributed by atoms with Gasteiger partial charge in [0.25, 0.3) is 0 Å². The van der Waals surface area contributed by atoms with E-state index in [2.05, 4.69) is 132 Å². The van der Waals surface area contributed by atoms with Crippen LogP contribution in [-0.2, 0) is 10.8 Å². The average molecular weight is 647 g/mol. The summed E-state index contributed by atoms with van der Waals surface area (Å²) >= 11 is 1.85. The van der Waals surface area contributed by atoms with E-state index in [9.17, 15) is 4.79 Å². The molecule has 5 aromatic carbocycles. The molecule has 0 N–H and O–H groups in total. The minimum atomic E-state index is -0.156. The summed E-state index contributed by atoms with van der Waals surface area (Å²) in [6, 6.07) is 39.8. The van der Waals surface area contributed by atoms with Crippen molar-refractivity contribution in [3.05, 3.63) is 137 Å². The van der Waals surface area contributed by atoms with E-state index in [1.807, 2.05) is 34.7 Å². The second-order valence-electron chi connectivity index (χ2n) is 12.6. The molecule has 0 radical (unpaired) electrons. The van der Waals surface area contributed by atoms with Crippen LogP contribution in [0.1, 0.15) is 60.3 Å². The molecule has 1 aliphatic carbocycles. The Balaban J connectivity index is 1.45. The summed E-state index contributed by atoms with van der Waals surface area (Å²) in [6.07, 6.45) is 0. The Labute approximate surface area is 256 Å². The van der Waals surface area contributed by atoms with E-state index in [0.29, 0.717) is 4.48 Å². The fraction of sp³-hybridized carbons (Fsp3) is 0.184. The van der Waals surface area contributed by atoms with Crippen molar-refractivity contribution in [1.29, 1.82) is 0 Å². The minimum absolute atomic E-state index is 0.0645.